The van der Waals surface area contributed by atoms with E-state index in [4.69, 9.17) is 4.74 Å². The number of ether oxygens (including phenoxy) is 1. The van der Waals surface area contributed by atoms with Gasteiger partial charge in [-0.15, -0.1) is 0 Å². The summed E-state index contributed by atoms with van der Waals surface area (Å²) >= 11 is 0. The molecule has 1 heterocycles. The van der Waals surface area contributed by atoms with Gasteiger partial charge >= 0.3 is 0 Å². The number of para-hydroxylation sites is 1. The van der Waals surface area contributed by atoms with Crippen molar-refractivity contribution in [3.05, 3.63) is 53.6 Å². The molecule has 4 nitrogen and oxygen atoms in total. The molecule has 2 aromatic carbocycles. The van der Waals surface area contributed by atoms with E-state index in [-0.39, 0.29) is 10.9 Å². The number of anilines is 1. The first-order valence-electron chi connectivity index (χ1n) is 7.22. The van der Waals surface area contributed by atoms with E-state index in [1.807, 2.05) is 38.1 Å². The number of sulfonamides is 1. The molecule has 1 aliphatic heterocycles. The lowest BCUT2D eigenvalue weighted by Crippen LogP contribution is -2.35. The van der Waals surface area contributed by atoms with Gasteiger partial charge < -0.3 is 4.74 Å². The zero-order valence-electron chi connectivity index (χ0n) is 12.9. The Morgan fingerprint density at radius 3 is 2.64 bits per heavy atom. The highest BCUT2D eigenvalue weighted by atomic mass is 32.2. The van der Waals surface area contributed by atoms with Crippen LogP contribution < -0.4 is 9.04 Å². The number of hydrogen-bond donors (Lipinski definition) is 0. The maximum atomic E-state index is 13.1. The zero-order chi connectivity index (χ0) is 15.9. The third-order valence-electron chi connectivity index (χ3n) is 4.00. The van der Waals surface area contributed by atoms with E-state index >= 15 is 0 Å². The lowest BCUT2D eigenvalue weighted by atomic mass is 10.1. The number of methoxy groups -OCH3 is 1. The Bertz CT molecular complexity index is 814. The second-order valence-corrected chi connectivity index (χ2v) is 7.42. The van der Waals surface area contributed by atoms with Gasteiger partial charge in [-0.05, 0) is 49.6 Å². The second kappa shape index (κ2) is 5.32. The fourth-order valence-electron chi connectivity index (χ4n) is 3.00. The Kier molecular flexibility index (Phi) is 3.60. The molecule has 0 aliphatic carbocycles. The van der Waals surface area contributed by atoms with Crippen molar-refractivity contribution < 1.29 is 13.2 Å². The average molecular weight is 317 g/mol. The summed E-state index contributed by atoms with van der Waals surface area (Å²) in [5.41, 5.74) is 2.79. The summed E-state index contributed by atoms with van der Waals surface area (Å²) in [6.45, 7) is 3.84. The lowest BCUT2D eigenvalue weighted by Gasteiger charge is -2.25. The standard InChI is InChI=1S/C17H19NO3S/c1-12-8-9-17(16(10-12)21-3)22(19,20)18-13(2)11-14-6-4-5-7-15(14)18/h4-10,13H,11H2,1-3H3/t13-/m1/s1. The van der Waals surface area contributed by atoms with Gasteiger partial charge in [0.25, 0.3) is 10.0 Å². The fourth-order valence-corrected chi connectivity index (χ4v) is 4.83. The Balaban J connectivity index is 2.15. The summed E-state index contributed by atoms with van der Waals surface area (Å²) in [5, 5.41) is 0. The highest BCUT2D eigenvalue weighted by molar-refractivity contribution is 7.93. The van der Waals surface area contributed by atoms with E-state index in [1.165, 1.54) is 11.4 Å². The van der Waals surface area contributed by atoms with Crippen LogP contribution in [0.2, 0.25) is 0 Å². The normalized spacial score (nSPS) is 17.4. The molecule has 0 fully saturated rings. The molecule has 0 saturated carbocycles. The first kappa shape index (κ1) is 14.9. The van der Waals surface area contributed by atoms with Crippen molar-refractivity contribution in [2.24, 2.45) is 0 Å². The van der Waals surface area contributed by atoms with Crippen LogP contribution in [0.15, 0.2) is 47.4 Å². The number of benzene rings is 2. The Labute approximate surface area is 131 Å². The van der Waals surface area contributed by atoms with Crippen LogP contribution >= 0.6 is 0 Å². The first-order chi connectivity index (χ1) is 10.4. The summed E-state index contributed by atoms with van der Waals surface area (Å²) < 4.78 is 33.1. The molecule has 0 unspecified atom stereocenters. The van der Waals surface area contributed by atoms with Crippen molar-refractivity contribution in [2.45, 2.75) is 31.2 Å². The van der Waals surface area contributed by atoms with Crippen LogP contribution in [0.3, 0.4) is 0 Å². The SMILES string of the molecule is COc1cc(C)ccc1S(=O)(=O)N1c2ccccc2C[C@H]1C. The highest BCUT2D eigenvalue weighted by Gasteiger charge is 2.37. The van der Waals surface area contributed by atoms with Crippen LogP contribution in [0.5, 0.6) is 5.75 Å². The van der Waals surface area contributed by atoms with Crippen LogP contribution in [0.25, 0.3) is 0 Å². The molecule has 0 saturated heterocycles. The number of rotatable bonds is 3. The molecule has 22 heavy (non-hydrogen) atoms. The van der Waals surface area contributed by atoms with Crippen LogP contribution in [0.4, 0.5) is 5.69 Å². The smallest absolute Gasteiger partial charge is 0.268 e. The van der Waals surface area contributed by atoms with Gasteiger partial charge in [0.15, 0.2) is 0 Å². The summed E-state index contributed by atoms with van der Waals surface area (Å²) in [7, 11) is -2.16. The first-order valence-corrected chi connectivity index (χ1v) is 8.66. The van der Waals surface area contributed by atoms with Gasteiger partial charge in [0.2, 0.25) is 0 Å². The minimum absolute atomic E-state index is 0.103. The van der Waals surface area contributed by atoms with Crippen molar-refractivity contribution in [3.8, 4) is 5.75 Å². The molecular weight excluding hydrogens is 298 g/mol. The molecule has 3 rings (SSSR count). The minimum Gasteiger partial charge on any atom is -0.495 e. The fraction of sp³-hybridized carbons (Fsp3) is 0.294. The van der Waals surface area contributed by atoms with Crippen LogP contribution in [-0.4, -0.2) is 21.6 Å². The van der Waals surface area contributed by atoms with Crippen LogP contribution in [0.1, 0.15) is 18.1 Å². The van der Waals surface area contributed by atoms with Crippen molar-refractivity contribution in [3.63, 3.8) is 0 Å². The van der Waals surface area contributed by atoms with Gasteiger partial charge in [-0.2, -0.15) is 0 Å². The van der Waals surface area contributed by atoms with Gasteiger partial charge in [-0.3, -0.25) is 4.31 Å². The quantitative estimate of drug-likeness (QED) is 0.873. The second-order valence-electron chi connectivity index (χ2n) is 5.64. The summed E-state index contributed by atoms with van der Waals surface area (Å²) in [4.78, 5) is 0.212. The van der Waals surface area contributed by atoms with Gasteiger partial charge in [-0.25, -0.2) is 8.42 Å². The van der Waals surface area contributed by atoms with Crippen LogP contribution in [0, 0.1) is 6.92 Å². The largest absolute Gasteiger partial charge is 0.495 e. The van der Waals surface area contributed by atoms with Crippen molar-refractivity contribution in [1.82, 2.24) is 0 Å². The zero-order valence-corrected chi connectivity index (χ0v) is 13.7. The van der Waals surface area contributed by atoms with Crippen molar-refractivity contribution in [1.29, 1.82) is 0 Å². The number of nitrogens with zero attached hydrogens (tertiary/aromatic N) is 1. The van der Waals surface area contributed by atoms with Gasteiger partial charge in [0.05, 0.1) is 12.8 Å². The molecule has 0 aromatic heterocycles. The predicted molar refractivity (Wildman–Crippen MR) is 87.0 cm³/mol. The van der Waals surface area contributed by atoms with E-state index in [0.29, 0.717) is 5.75 Å². The molecule has 0 bridgehead atoms. The monoisotopic (exact) mass is 317 g/mol. The van der Waals surface area contributed by atoms with E-state index in [0.717, 1.165) is 23.2 Å². The summed E-state index contributed by atoms with van der Waals surface area (Å²) in [6, 6.07) is 12.7. The maximum absolute atomic E-state index is 13.1. The Morgan fingerprint density at radius 2 is 1.91 bits per heavy atom. The number of fused-ring (bicyclic) bond motifs is 1. The highest BCUT2D eigenvalue weighted by Crippen LogP contribution is 2.38. The minimum atomic E-state index is -3.65. The third kappa shape index (κ3) is 2.25. The van der Waals surface area contributed by atoms with E-state index in [1.54, 1.807) is 18.2 Å². The number of aryl methyl sites for hydroxylation is 1. The lowest BCUT2D eigenvalue weighted by molar-refractivity contribution is 0.402. The molecule has 1 atom stereocenters. The molecule has 1 aliphatic rings. The third-order valence-corrected chi connectivity index (χ3v) is 5.97. The Hall–Kier alpha value is -2.01. The van der Waals surface area contributed by atoms with Crippen LogP contribution in [-0.2, 0) is 16.4 Å². The molecule has 5 heteroatoms. The molecule has 0 N–H and O–H groups in total. The van der Waals surface area contributed by atoms with Gasteiger partial charge in [-0.1, -0.05) is 24.3 Å². The molecular formula is C17H19NO3S. The van der Waals surface area contributed by atoms with Crippen molar-refractivity contribution in [2.75, 3.05) is 11.4 Å². The van der Waals surface area contributed by atoms with E-state index in [2.05, 4.69) is 0 Å². The topological polar surface area (TPSA) is 46.6 Å². The van der Waals surface area contributed by atoms with E-state index < -0.39 is 10.0 Å². The van der Waals surface area contributed by atoms with E-state index in [9.17, 15) is 8.42 Å². The van der Waals surface area contributed by atoms with Gasteiger partial charge in [0.1, 0.15) is 10.6 Å². The summed E-state index contributed by atoms with van der Waals surface area (Å²) in [6.07, 6.45) is 0.726. The Morgan fingerprint density at radius 1 is 1.18 bits per heavy atom. The predicted octanol–water partition coefficient (Wildman–Crippen LogP) is 3.14. The van der Waals surface area contributed by atoms with Crippen molar-refractivity contribution >= 4 is 15.7 Å². The molecule has 0 amide bonds. The molecule has 0 radical (unpaired) electrons. The van der Waals surface area contributed by atoms with Gasteiger partial charge in [0, 0.05) is 6.04 Å². The molecule has 116 valence electrons. The average Bonchev–Trinajstić information content (AvgIpc) is 2.83. The molecule has 2 aromatic rings. The summed E-state index contributed by atoms with van der Waals surface area (Å²) in [5.74, 6) is 0.386. The molecule has 0 spiro atoms. The number of hydrogen-bond acceptors (Lipinski definition) is 3. The maximum Gasteiger partial charge on any atom is 0.268 e.